The molecule has 0 unspecified atom stereocenters. The van der Waals surface area contributed by atoms with E-state index in [1.54, 1.807) is 0 Å². The van der Waals surface area contributed by atoms with Gasteiger partial charge in [-0.1, -0.05) is 72.9 Å². The average Bonchev–Trinajstić information content (AvgIpc) is 3.40. The number of nitrogens with one attached hydrogen (secondary N) is 1. The summed E-state index contributed by atoms with van der Waals surface area (Å²) in [6.07, 6.45) is 5.16. The molecule has 0 saturated heterocycles. The molecule has 0 spiro atoms. The van der Waals surface area contributed by atoms with Crippen LogP contribution in [0.5, 0.6) is 0 Å². The Hall–Kier alpha value is -2.66. The summed E-state index contributed by atoms with van der Waals surface area (Å²) in [5, 5.41) is 11.6. The molecule has 0 atom stereocenters. The molecule has 5 nitrogen and oxygen atoms in total. The molecule has 4 rings (SSSR count). The van der Waals surface area contributed by atoms with Crippen LogP contribution in [0.25, 0.3) is 0 Å². The summed E-state index contributed by atoms with van der Waals surface area (Å²) < 4.78 is 5.70. The zero-order valence-corrected chi connectivity index (χ0v) is 17.2. The van der Waals surface area contributed by atoms with E-state index in [0.717, 1.165) is 43.2 Å². The molecule has 1 amide bonds. The van der Waals surface area contributed by atoms with Gasteiger partial charge in [0.25, 0.3) is 0 Å². The third-order valence-electron chi connectivity index (χ3n) is 5.76. The van der Waals surface area contributed by atoms with E-state index in [9.17, 15) is 4.79 Å². The number of nitrogens with zero attached hydrogens (tertiary/aromatic N) is 2. The lowest BCUT2D eigenvalue weighted by molar-refractivity contribution is -0.121. The van der Waals surface area contributed by atoms with Crippen molar-refractivity contribution in [2.24, 2.45) is 0 Å². The van der Waals surface area contributed by atoms with Crippen molar-refractivity contribution < 1.29 is 9.21 Å². The number of rotatable bonds is 6. The second-order valence-electron chi connectivity index (χ2n) is 7.60. The van der Waals surface area contributed by atoms with Gasteiger partial charge >= 0.3 is 6.01 Å². The van der Waals surface area contributed by atoms with E-state index >= 15 is 0 Å². The van der Waals surface area contributed by atoms with Gasteiger partial charge in [-0.05, 0) is 48.1 Å². The molecular formula is C23H24ClN3O2. The summed E-state index contributed by atoms with van der Waals surface area (Å²) in [5.74, 6) is 0.385. The maximum Gasteiger partial charge on any atom is 0.322 e. The first-order valence-electron chi connectivity index (χ1n) is 10.1. The van der Waals surface area contributed by atoms with Crippen LogP contribution >= 0.6 is 11.6 Å². The molecule has 1 fully saturated rings. The molecule has 1 heterocycles. The van der Waals surface area contributed by atoms with E-state index in [1.807, 2.05) is 24.3 Å². The number of carbonyl (C=O) groups is 1. The fourth-order valence-corrected chi connectivity index (χ4v) is 4.18. The van der Waals surface area contributed by atoms with Crippen molar-refractivity contribution >= 4 is 23.5 Å². The average molecular weight is 410 g/mol. The summed E-state index contributed by atoms with van der Waals surface area (Å²) in [7, 11) is 0. The van der Waals surface area contributed by atoms with Crippen LogP contribution in [-0.4, -0.2) is 16.1 Å². The number of aryl methyl sites for hydroxylation is 1. The van der Waals surface area contributed by atoms with Crippen LogP contribution in [0.4, 0.5) is 6.01 Å². The van der Waals surface area contributed by atoms with Gasteiger partial charge in [0, 0.05) is 5.02 Å². The molecule has 2 aromatic carbocycles. The third kappa shape index (κ3) is 4.20. The summed E-state index contributed by atoms with van der Waals surface area (Å²) in [6.45, 7) is 2.13. The van der Waals surface area contributed by atoms with Crippen LogP contribution < -0.4 is 5.32 Å². The molecule has 150 valence electrons. The van der Waals surface area contributed by atoms with Gasteiger partial charge in [0.05, 0.1) is 11.8 Å². The largest absolute Gasteiger partial charge is 0.407 e. The van der Waals surface area contributed by atoms with E-state index in [1.165, 1.54) is 5.56 Å². The number of carbonyl (C=O) groups excluding carboxylic acids is 1. The molecule has 1 aliphatic rings. The van der Waals surface area contributed by atoms with Crippen molar-refractivity contribution in [3.8, 4) is 0 Å². The Balaban J connectivity index is 1.48. The Morgan fingerprint density at radius 1 is 1.03 bits per heavy atom. The molecule has 1 aromatic heterocycles. The first-order chi connectivity index (χ1) is 14.1. The van der Waals surface area contributed by atoms with Gasteiger partial charge in [-0.3, -0.25) is 10.1 Å². The summed E-state index contributed by atoms with van der Waals surface area (Å²) in [6, 6.07) is 16.0. The highest BCUT2D eigenvalue weighted by Gasteiger charge is 2.43. The van der Waals surface area contributed by atoms with Crippen molar-refractivity contribution in [2.45, 2.75) is 50.9 Å². The SMILES string of the molecule is CCc1ccc(Cc2nnc(NC(=O)C3(c4ccc(Cl)cc4)CCCC3)o2)cc1. The summed E-state index contributed by atoms with van der Waals surface area (Å²) in [5.41, 5.74) is 2.79. The van der Waals surface area contributed by atoms with Crippen molar-refractivity contribution in [1.82, 2.24) is 10.2 Å². The quantitative estimate of drug-likeness (QED) is 0.597. The first kappa shape index (κ1) is 19.6. The topological polar surface area (TPSA) is 68.0 Å². The van der Waals surface area contributed by atoms with Crippen LogP contribution in [0.3, 0.4) is 0 Å². The maximum absolute atomic E-state index is 13.2. The number of aromatic nitrogens is 2. The van der Waals surface area contributed by atoms with Crippen molar-refractivity contribution in [3.63, 3.8) is 0 Å². The van der Waals surface area contributed by atoms with E-state index in [4.69, 9.17) is 16.0 Å². The Morgan fingerprint density at radius 2 is 1.69 bits per heavy atom. The monoisotopic (exact) mass is 409 g/mol. The second kappa shape index (κ2) is 8.37. The minimum Gasteiger partial charge on any atom is -0.407 e. The van der Waals surface area contributed by atoms with Gasteiger partial charge in [-0.2, -0.15) is 0 Å². The third-order valence-corrected chi connectivity index (χ3v) is 6.01. The Kier molecular flexibility index (Phi) is 5.67. The molecule has 29 heavy (non-hydrogen) atoms. The number of benzene rings is 2. The van der Waals surface area contributed by atoms with E-state index in [-0.39, 0.29) is 11.9 Å². The van der Waals surface area contributed by atoms with Crippen molar-refractivity contribution in [3.05, 3.63) is 76.1 Å². The fourth-order valence-electron chi connectivity index (χ4n) is 4.05. The van der Waals surface area contributed by atoms with E-state index < -0.39 is 5.41 Å². The number of halogens is 1. The van der Waals surface area contributed by atoms with Crippen molar-refractivity contribution in [1.29, 1.82) is 0 Å². The Bertz CT molecular complexity index is 974. The number of hydrogen-bond acceptors (Lipinski definition) is 4. The minimum atomic E-state index is -0.574. The lowest BCUT2D eigenvalue weighted by atomic mass is 9.78. The lowest BCUT2D eigenvalue weighted by Crippen LogP contribution is -2.38. The highest BCUT2D eigenvalue weighted by atomic mass is 35.5. The Labute approximate surface area is 175 Å². The maximum atomic E-state index is 13.2. The normalized spacial score (nSPS) is 15.4. The van der Waals surface area contributed by atoms with Crippen LogP contribution in [0.2, 0.25) is 5.02 Å². The zero-order chi connectivity index (χ0) is 20.3. The second-order valence-corrected chi connectivity index (χ2v) is 8.03. The molecule has 1 saturated carbocycles. The summed E-state index contributed by atoms with van der Waals surface area (Å²) in [4.78, 5) is 13.2. The molecule has 6 heteroatoms. The van der Waals surface area contributed by atoms with Gasteiger partial charge in [-0.15, -0.1) is 5.10 Å². The van der Waals surface area contributed by atoms with Crippen LogP contribution in [0, 0.1) is 0 Å². The van der Waals surface area contributed by atoms with Crippen LogP contribution in [0.1, 0.15) is 55.2 Å². The Morgan fingerprint density at radius 3 is 2.34 bits per heavy atom. The predicted molar refractivity (Wildman–Crippen MR) is 113 cm³/mol. The predicted octanol–water partition coefficient (Wildman–Crippen LogP) is 5.33. The van der Waals surface area contributed by atoms with Gasteiger partial charge in [0.1, 0.15) is 0 Å². The zero-order valence-electron chi connectivity index (χ0n) is 16.5. The van der Waals surface area contributed by atoms with Gasteiger partial charge in [-0.25, -0.2) is 0 Å². The van der Waals surface area contributed by atoms with E-state index in [2.05, 4.69) is 46.7 Å². The van der Waals surface area contributed by atoms with Gasteiger partial charge in [0.2, 0.25) is 11.8 Å². The molecule has 0 bridgehead atoms. The first-order valence-corrected chi connectivity index (χ1v) is 10.4. The molecule has 1 N–H and O–H groups in total. The molecule has 0 aliphatic heterocycles. The summed E-state index contributed by atoms with van der Waals surface area (Å²) >= 11 is 6.03. The number of anilines is 1. The minimum absolute atomic E-state index is 0.0974. The molecule has 0 radical (unpaired) electrons. The van der Waals surface area contributed by atoms with E-state index in [0.29, 0.717) is 17.3 Å². The standard InChI is InChI=1S/C23H24ClN3O2/c1-2-16-5-7-17(8-6-16)15-20-26-27-22(29-20)25-21(28)23(13-3-4-14-23)18-9-11-19(24)12-10-18/h5-12H,2-4,13-15H2,1H3,(H,25,27,28). The molecule has 3 aromatic rings. The smallest absolute Gasteiger partial charge is 0.322 e. The fraction of sp³-hybridized carbons (Fsp3) is 0.348. The highest BCUT2D eigenvalue weighted by molar-refractivity contribution is 6.30. The van der Waals surface area contributed by atoms with Crippen molar-refractivity contribution in [2.75, 3.05) is 5.32 Å². The van der Waals surface area contributed by atoms with Crippen LogP contribution in [-0.2, 0) is 23.1 Å². The van der Waals surface area contributed by atoms with Gasteiger partial charge < -0.3 is 4.42 Å². The number of amides is 1. The highest BCUT2D eigenvalue weighted by Crippen LogP contribution is 2.42. The van der Waals surface area contributed by atoms with Crippen LogP contribution in [0.15, 0.2) is 52.9 Å². The van der Waals surface area contributed by atoms with Gasteiger partial charge in [0.15, 0.2) is 0 Å². The number of hydrogen-bond donors (Lipinski definition) is 1. The molecule has 1 aliphatic carbocycles. The molecular weight excluding hydrogens is 386 g/mol. The lowest BCUT2D eigenvalue weighted by Gasteiger charge is -2.27.